The number of alkyl halides is 1. The minimum Gasteiger partial charge on any atom is -0.200 e. The van der Waals surface area contributed by atoms with Gasteiger partial charge in [-0.2, -0.15) is 18.4 Å². The number of nitrogens with zero attached hydrogens (tertiary/aromatic N) is 1. The number of hydrazone groups is 1. The summed E-state index contributed by atoms with van der Waals surface area (Å²) >= 11 is 2.16. The normalized spacial score (nSPS) is 12.2. The summed E-state index contributed by atoms with van der Waals surface area (Å²) < 4.78 is 25.0. The standard InChI is InChI=1S/C15H15IN2O2S/c1-12-7-9-14(10-8-12)21(19,20)18-17-15(11-16)13-5-3-2-4-6-13/h2-10,18H,11H2,1H3. The van der Waals surface area contributed by atoms with E-state index in [2.05, 4.69) is 32.5 Å². The average Bonchev–Trinajstić information content (AvgIpc) is 2.49. The summed E-state index contributed by atoms with van der Waals surface area (Å²) in [5, 5.41) is 4.05. The molecule has 0 heterocycles. The molecule has 0 saturated carbocycles. The van der Waals surface area contributed by atoms with Crippen LogP contribution in [0.5, 0.6) is 0 Å². The Bertz CT molecular complexity index is 726. The molecule has 0 spiro atoms. The third-order valence-corrected chi connectivity index (χ3v) is 4.81. The van der Waals surface area contributed by atoms with E-state index in [1.165, 1.54) is 0 Å². The summed E-state index contributed by atoms with van der Waals surface area (Å²) in [6.45, 7) is 1.91. The van der Waals surface area contributed by atoms with Crippen molar-refractivity contribution in [1.29, 1.82) is 0 Å². The van der Waals surface area contributed by atoms with Crippen LogP contribution in [0.1, 0.15) is 11.1 Å². The van der Waals surface area contributed by atoms with Crippen LogP contribution in [-0.4, -0.2) is 18.6 Å². The Morgan fingerprint density at radius 3 is 2.29 bits per heavy atom. The van der Waals surface area contributed by atoms with Crippen LogP contribution in [0.4, 0.5) is 0 Å². The molecule has 110 valence electrons. The fourth-order valence-electron chi connectivity index (χ4n) is 1.69. The van der Waals surface area contributed by atoms with Crippen molar-refractivity contribution >= 4 is 38.3 Å². The SMILES string of the molecule is Cc1ccc(S(=O)(=O)NN=C(CI)c2ccccc2)cc1. The van der Waals surface area contributed by atoms with Crippen LogP contribution >= 0.6 is 22.6 Å². The van der Waals surface area contributed by atoms with Crippen molar-refractivity contribution in [3.05, 3.63) is 65.7 Å². The van der Waals surface area contributed by atoms with Crippen molar-refractivity contribution in [2.45, 2.75) is 11.8 Å². The highest BCUT2D eigenvalue weighted by Gasteiger charge is 2.13. The molecule has 2 aromatic rings. The fourth-order valence-corrected chi connectivity index (χ4v) is 3.13. The van der Waals surface area contributed by atoms with Crippen LogP contribution in [0, 0.1) is 6.92 Å². The maximum atomic E-state index is 12.2. The van der Waals surface area contributed by atoms with Gasteiger partial charge >= 0.3 is 0 Å². The number of sulfonamides is 1. The van der Waals surface area contributed by atoms with Crippen molar-refractivity contribution < 1.29 is 8.42 Å². The third-order valence-electron chi connectivity index (χ3n) is 2.87. The van der Waals surface area contributed by atoms with Gasteiger partial charge in [-0.1, -0.05) is 70.6 Å². The first-order valence-electron chi connectivity index (χ1n) is 6.29. The lowest BCUT2D eigenvalue weighted by molar-refractivity contribution is 0.584. The number of aryl methyl sites for hydroxylation is 1. The van der Waals surface area contributed by atoms with E-state index in [0.717, 1.165) is 11.1 Å². The summed E-state index contributed by atoms with van der Waals surface area (Å²) in [5.74, 6) is 0. The zero-order chi connectivity index (χ0) is 15.3. The van der Waals surface area contributed by atoms with Crippen LogP contribution < -0.4 is 4.83 Å². The van der Waals surface area contributed by atoms with Gasteiger partial charge in [-0.3, -0.25) is 0 Å². The minimum absolute atomic E-state index is 0.206. The highest BCUT2D eigenvalue weighted by molar-refractivity contribution is 14.1. The van der Waals surface area contributed by atoms with Crippen molar-refractivity contribution in [2.24, 2.45) is 5.10 Å². The molecule has 0 amide bonds. The first-order chi connectivity index (χ1) is 10.0. The van der Waals surface area contributed by atoms with Crippen molar-refractivity contribution in [2.75, 3.05) is 4.43 Å². The largest absolute Gasteiger partial charge is 0.276 e. The summed E-state index contributed by atoms with van der Waals surface area (Å²) in [7, 11) is -3.63. The molecule has 0 aromatic heterocycles. The second-order valence-corrected chi connectivity index (χ2v) is 6.89. The predicted octanol–water partition coefficient (Wildman–Crippen LogP) is 3.11. The van der Waals surface area contributed by atoms with E-state index in [1.807, 2.05) is 37.3 Å². The number of hydrogen-bond donors (Lipinski definition) is 1. The molecule has 0 fully saturated rings. The lowest BCUT2D eigenvalue weighted by Crippen LogP contribution is -2.21. The molecule has 0 bridgehead atoms. The minimum atomic E-state index is -3.63. The topological polar surface area (TPSA) is 58.5 Å². The van der Waals surface area contributed by atoms with E-state index in [1.54, 1.807) is 24.3 Å². The van der Waals surface area contributed by atoms with Crippen LogP contribution in [0.15, 0.2) is 64.6 Å². The number of rotatable bonds is 5. The average molecular weight is 414 g/mol. The lowest BCUT2D eigenvalue weighted by Gasteiger charge is -2.07. The zero-order valence-electron chi connectivity index (χ0n) is 11.5. The molecule has 2 aromatic carbocycles. The zero-order valence-corrected chi connectivity index (χ0v) is 14.4. The monoisotopic (exact) mass is 414 g/mol. The quantitative estimate of drug-likeness (QED) is 0.354. The van der Waals surface area contributed by atoms with E-state index in [0.29, 0.717) is 10.1 Å². The summed E-state index contributed by atoms with van der Waals surface area (Å²) in [6, 6.07) is 16.2. The first kappa shape index (κ1) is 16.0. The van der Waals surface area contributed by atoms with E-state index in [9.17, 15) is 8.42 Å². The molecule has 0 saturated heterocycles. The van der Waals surface area contributed by atoms with Crippen LogP contribution in [0.3, 0.4) is 0 Å². The Hall–Kier alpha value is -1.41. The number of benzene rings is 2. The summed E-state index contributed by atoms with van der Waals surface area (Å²) in [5.41, 5.74) is 2.60. The highest BCUT2D eigenvalue weighted by atomic mass is 127. The van der Waals surface area contributed by atoms with Crippen LogP contribution in [0.2, 0.25) is 0 Å². The molecule has 0 unspecified atom stereocenters. The molecule has 1 N–H and O–H groups in total. The second-order valence-electron chi connectivity index (χ2n) is 4.47. The Kier molecular flexibility index (Phi) is 5.35. The van der Waals surface area contributed by atoms with Gasteiger partial charge in [-0.15, -0.1) is 0 Å². The van der Waals surface area contributed by atoms with Crippen molar-refractivity contribution in [1.82, 2.24) is 4.83 Å². The summed E-state index contributed by atoms with van der Waals surface area (Å²) in [6.07, 6.45) is 0. The smallest absolute Gasteiger partial charge is 0.200 e. The van der Waals surface area contributed by atoms with Crippen LogP contribution in [-0.2, 0) is 10.0 Å². The van der Waals surface area contributed by atoms with Gasteiger partial charge in [0, 0.05) is 4.43 Å². The molecule has 2 rings (SSSR count). The second kappa shape index (κ2) is 7.04. The van der Waals surface area contributed by atoms with E-state index < -0.39 is 10.0 Å². The molecular formula is C15H15IN2O2S. The van der Waals surface area contributed by atoms with Gasteiger partial charge in [0.15, 0.2) is 0 Å². The van der Waals surface area contributed by atoms with E-state index in [4.69, 9.17) is 0 Å². The molecule has 0 atom stereocenters. The van der Waals surface area contributed by atoms with Crippen molar-refractivity contribution in [3.8, 4) is 0 Å². The Morgan fingerprint density at radius 1 is 1.10 bits per heavy atom. The van der Waals surface area contributed by atoms with Gasteiger partial charge in [0.05, 0.1) is 10.6 Å². The molecule has 0 aliphatic carbocycles. The maximum Gasteiger partial charge on any atom is 0.276 e. The molecule has 4 nitrogen and oxygen atoms in total. The van der Waals surface area contributed by atoms with Gasteiger partial charge in [-0.05, 0) is 24.6 Å². The summed E-state index contributed by atoms with van der Waals surface area (Å²) in [4.78, 5) is 2.51. The number of halogens is 1. The first-order valence-corrected chi connectivity index (χ1v) is 9.30. The molecule has 21 heavy (non-hydrogen) atoms. The maximum absolute atomic E-state index is 12.2. The number of nitrogens with one attached hydrogen (secondary N) is 1. The van der Waals surface area contributed by atoms with Gasteiger partial charge in [0.25, 0.3) is 10.0 Å². The Labute approximate surface area is 138 Å². The number of hydrogen-bond acceptors (Lipinski definition) is 3. The van der Waals surface area contributed by atoms with E-state index >= 15 is 0 Å². The Morgan fingerprint density at radius 2 is 1.71 bits per heavy atom. The molecule has 0 aliphatic rings. The molecular weight excluding hydrogens is 399 g/mol. The van der Waals surface area contributed by atoms with Gasteiger partial charge in [0.2, 0.25) is 0 Å². The Balaban J connectivity index is 2.24. The van der Waals surface area contributed by atoms with Gasteiger partial charge in [-0.25, -0.2) is 0 Å². The fraction of sp³-hybridized carbons (Fsp3) is 0.133. The van der Waals surface area contributed by atoms with Crippen LogP contribution in [0.25, 0.3) is 0 Å². The van der Waals surface area contributed by atoms with E-state index in [-0.39, 0.29) is 4.90 Å². The van der Waals surface area contributed by atoms with Gasteiger partial charge in [0.1, 0.15) is 0 Å². The van der Waals surface area contributed by atoms with Gasteiger partial charge < -0.3 is 0 Å². The molecule has 6 heteroatoms. The highest BCUT2D eigenvalue weighted by Crippen LogP contribution is 2.10. The predicted molar refractivity (Wildman–Crippen MR) is 93.4 cm³/mol. The van der Waals surface area contributed by atoms with Crippen molar-refractivity contribution in [3.63, 3.8) is 0 Å². The lowest BCUT2D eigenvalue weighted by atomic mass is 10.1. The molecule has 0 radical (unpaired) electrons. The molecule has 0 aliphatic heterocycles. The third kappa shape index (κ3) is 4.28.